The molecule has 0 unspecified atom stereocenters. The van der Waals surface area contributed by atoms with Gasteiger partial charge in [-0.25, -0.2) is 8.42 Å². The first-order valence-corrected chi connectivity index (χ1v) is 15.7. The molecular formula is C29H33Cl2N3O4S. The summed E-state index contributed by atoms with van der Waals surface area (Å²) in [6, 6.07) is 17.1. The van der Waals surface area contributed by atoms with Gasteiger partial charge in [-0.05, 0) is 48.4 Å². The molecule has 1 fully saturated rings. The average molecular weight is 591 g/mol. The van der Waals surface area contributed by atoms with Gasteiger partial charge in [-0.15, -0.1) is 0 Å². The molecule has 10 heteroatoms. The van der Waals surface area contributed by atoms with Crippen LogP contribution in [0.25, 0.3) is 10.8 Å². The van der Waals surface area contributed by atoms with E-state index in [1.807, 2.05) is 37.3 Å². The summed E-state index contributed by atoms with van der Waals surface area (Å²) in [6.07, 6.45) is 5.37. The van der Waals surface area contributed by atoms with Crippen LogP contribution in [-0.4, -0.2) is 50.0 Å². The van der Waals surface area contributed by atoms with Crippen molar-refractivity contribution in [3.63, 3.8) is 0 Å². The second-order valence-electron chi connectivity index (χ2n) is 9.95. The fourth-order valence-electron chi connectivity index (χ4n) is 5.14. The van der Waals surface area contributed by atoms with Crippen LogP contribution < -0.4 is 9.62 Å². The van der Waals surface area contributed by atoms with E-state index in [9.17, 15) is 18.0 Å². The molecule has 4 rings (SSSR count). The molecule has 3 aromatic carbocycles. The molecular weight excluding hydrogens is 557 g/mol. The van der Waals surface area contributed by atoms with Gasteiger partial charge in [0, 0.05) is 18.0 Å². The number of anilines is 1. The van der Waals surface area contributed by atoms with Crippen molar-refractivity contribution in [3.8, 4) is 0 Å². The first kappa shape index (κ1) is 29.2. The minimum Gasteiger partial charge on any atom is -0.352 e. The van der Waals surface area contributed by atoms with E-state index in [1.165, 1.54) is 4.90 Å². The molecule has 208 valence electrons. The average Bonchev–Trinajstić information content (AvgIpc) is 3.41. The normalized spacial score (nSPS) is 14.8. The van der Waals surface area contributed by atoms with Crippen LogP contribution in [0.3, 0.4) is 0 Å². The molecule has 2 amide bonds. The molecule has 0 aliphatic heterocycles. The lowest BCUT2D eigenvalue weighted by Crippen LogP contribution is -2.53. The number of carbonyl (C=O) groups is 2. The zero-order valence-electron chi connectivity index (χ0n) is 22.1. The fraction of sp³-hybridized carbons (Fsp3) is 0.379. The molecule has 0 aromatic heterocycles. The number of amides is 2. The maximum atomic E-state index is 14.0. The van der Waals surface area contributed by atoms with Gasteiger partial charge in [-0.2, -0.15) is 0 Å². The molecule has 1 aliphatic rings. The quantitative estimate of drug-likeness (QED) is 0.325. The lowest BCUT2D eigenvalue weighted by molar-refractivity contribution is -0.140. The lowest BCUT2D eigenvalue weighted by Gasteiger charge is -2.33. The van der Waals surface area contributed by atoms with Crippen molar-refractivity contribution in [3.05, 3.63) is 76.3 Å². The lowest BCUT2D eigenvalue weighted by atomic mass is 10.1. The predicted molar refractivity (Wildman–Crippen MR) is 158 cm³/mol. The van der Waals surface area contributed by atoms with Gasteiger partial charge in [-0.1, -0.05) is 85.4 Å². The summed E-state index contributed by atoms with van der Waals surface area (Å²) >= 11 is 12.3. The molecule has 3 aromatic rings. The molecule has 0 saturated heterocycles. The molecule has 1 atom stereocenters. The standard InChI is InChI=1S/C29H33Cl2N3O4S/c1-3-26(29(36)32-22-11-5-6-12-22)33(18-20-15-16-24(30)25(31)17-20)28(35)19-34(39(2,37)38)27-14-8-10-21-9-4-7-13-23(21)27/h4,7-10,13-17,22,26H,3,5-6,11-12,18-19H2,1-2H3,(H,32,36)/t26-/m0/s1. The summed E-state index contributed by atoms with van der Waals surface area (Å²) in [5.41, 5.74) is 1.09. The molecule has 0 heterocycles. The molecule has 0 bridgehead atoms. The number of hydrogen-bond donors (Lipinski definition) is 1. The number of rotatable bonds is 10. The van der Waals surface area contributed by atoms with Crippen LogP contribution in [0.2, 0.25) is 10.0 Å². The van der Waals surface area contributed by atoms with Crippen molar-refractivity contribution in [1.82, 2.24) is 10.2 Å². The highest BCUT2D eigenvalue weighted by Crippen LogP contribution is 2.29. The Bertz CT molecular complexity index is 1450. The van der Waals surface area contributed by atoms with E-state index >= 15 is 0 Å². The van der Waals surface area contributed by atoms with Crippen LogP contribution in [0.4, 0.5) is 5.69 Å². The molecule has 1 N–H and O–H groups in total. The number of nitrogens with zero attached hydrogens (tertiary/aromatic N) is 2. The Morgan fingerprint density at radius 2 is 1.69 bits per heavy atom. The van der Waals surface area contributed by atoms with Crippen LogP contribution in [0.5, 0.6) is 0 Å². The van der Waals surface area contributed by atoms with Gasteiger partial charge in [0.05, 0.1) is 22.0 Å². The first-order valence-electron chi connectivity index (χ1n) is 13.1. The number of fused-ring (bicyclic) bond motifs is 1. The Morgan fingerprint density at radius 3 is 2.36 bits per heavy atom. The van der Waals surface area contributed by atoms with Gasteiger partial charge < -0.3 is 10.2 Å². The van der Waals surface area contributed by atoms with Crippen molar-refractivity contribution in [2.75, 3.05) is 17.1 Å². The Kier molecular flexibility index (Phi) is 9.41. The number of nitrogens with one attached hydrogen (secondary N) is 1. The third-order valence-corrected chi connectivity index (χ3v) is 9.00. The maximum Gasteiger partial charge on any atom is 0.244 e. The highest BCUT2D eigenvalue weighted by molar-refractivity contribution is 7.92. The van der Waals surface area contributed by atoms with Crippen LogP contribution >= 0.6 is 23.2 Å². The summed E-state index contributed by atoms with van der Waals surface area (Å²) in [4.78, 5) is 28.9. The monoisotopic (exact) mass is 589 g/mol. The number of carbonyl (C=O) groups excluding carboxylic acids is 2. The first-order chi connectivity index (χ1) is 18.6. The SMILES string of the molecule is CC[C@@H](C(=O)NC1CCCC1)N(Cc1ccc(Cl)c(Cl)c1)C(=O)CN(c1cccc2ccccc12)S(C)(=O)=O. The zero-order valence-corrected chi connectivity index (χ0v) is 24.4. The number of sulfonamides is 1. The third-order valence-electron chi connectivity index (χ3n) is 7.14. The Labute approximate surface area is 240 Å². The van der Waals surface area contributed by atoms with Gasteiger partial charge in [0.15, 0.2) is 0 Å². The molecule has 1 aliphatic carbocycles. The molecule has 7 nitrogen and oxygen atoms in total. The van der Waals surface area contributed by atoms with E-state index in [0.717, 1.165) is 41.6 Å². The van der Waals surface area contributed by atoms with E-state index in [0.29, 0.717) is 33.1 Å². The van der Waals surface area contributed by atoms with Crippen LogP contribution in [0.15, 0.2) is 60.7 Å². The van der Waals surface area contributed by atoms with E-state index in [4.69, 9.17) is 23.2 Å². The largest absolute Gasteiger partial charge is 0.352 e. The minimum atomic E-state index is -3.85. The Hall–Kier alpha value is -2.81. The van der Waals surface area contributed by atoms with E-state index < -0.39 is 28.5 Å². The van der Waals surface area contributed by atoms with E-state index in [1.54, 1.807) is 30.3 Å². The summed E-state index contributed by atoms with van der Waals surface area (Å²) in [5.74, 6) is -0.735. The van der Waals surface area contributed by atoms with Crippen molar-refractivity contribution in [1.29, 1.82) is 0 Å². The van der Waals surface area contributed by atoms with Gasteiger partial charge in [0.25, 0.3) is 0 Å². The van der Waals surface area contributed by atoms with Gasteiger partial charge in [0.2, 0.25) is 21.8 Å². The van der Waals surface area contributed by atoms with Gasteiger partial charge in [0.1, 0.15) is 12.6 Å². The third kappa shape index (κ3) is 7.04. The number of hydrogen-bond acceptors (Lipinski definition) is 4. The van der Waals surface area contributed by atoms with Crippen molar-refractivity contribution in [2.24, 2.45) is 0 Å². The summed E-state index contributed by atoms with van der Waals surface area (Å²) in [5, 5.41) is 5.37. The molecule has 0 spiro atoms. The summed E-state index contributed by atoms with van der Waals surface area (Å²) in [6.45, 7) is 1.45. The van der Waals surface area contributed by atoms with Crippen molar-refractivity contribution >= 4 is 61.5 Å². The Morgan fingerprint density at radius 1 is 1.00 bits per heavy atom. The fourth-order valence-corrected chi connectivity index (χ4v) is 6.32. The Balaban J connectivity index is 1.70. The summed E-state index contributed by atoms with van der Waals surface area (Å²) in [7, 11) is -3.85. The minimum absolute atomic E-state index is 0.0689. The highest BCUT2D eigenvalue weighted by atomic mass is 35.5. The second-order valence-corrected chi connectivity index (χ2v) is 12.7. The smallest absolute Gasteiger partial charge is 0.244 e. The van der Waals surface area contributed by atoms with Crippen molar-refractivity contribution in [2.45, 2.75) is 57.7 Å². The summed E-state index contributed by atoms with van der Waals surface area (Å²) < 4.78 is 27.2. The number of benzene rings is 3. The van der Waals surface area contributed by atoms with Gasteiger partial charge >= 0.3 is 0 Å². The van der Waals surface area contributed by atoms with Crippen LogP contribution in [-0.2, 0) is 26.2 Å². The highest BCUT2D eigenvalue weighted by Gasteiger charge is 2.33. The van der Waals surface area contributed by atoms with E-state index in [-0.39, 0.29) is 18.5 Å². The van der Waals surface area contributed by atoms with Crippen LogP contribution in [0.1, 0.15) is 44.6 Å². The molecule has 1 saturated carbocycles. The maximum absolute atomic E-state index is 14.0. The van der Waals surface area contributed by atoms with Gasteiger partial charge in [-0.3, -0.25) is 13.9 Å². The second kappa shape index (κ2) is 12.6. The van der Waals surface area contributed by atoms with E-state index in [2.05, 4.69) is 5.32 Å². The predicted octanol–water partition coefficient (Wildman–Crippen LogP) is 5.78. The molecule has 39 heavy (non-hydrogen) atoms. The number of halogens is 2. The van der Waals surface area contributed by atoms with Crippen molar-refractivity contribution < 1.29 is 18.0 Å². The topological polar surface area (TPSA) is 86.8 Å². The zero-order chi connectivity index (χ0) is 28.2. The van der Waals surface area contributed by atoms with Crippen LogP contribution in [0, 0.1) is 0 Å². The molecule has 0 radical (unpaired) electrons.